The molecule has 0 bridgehead atoms. The van der Waals surface area contributed by atoms with Crippen molar-refractivity contribution in [2.24, 2.45) is 5.92 Å². The highest BCUT2D eigenvalue weighted by Crippen LogP contribution is 2.25. The summed E-state index contributed by atoms with van der Waals surface area (Å²) in [6, 6.07) is 0.329. The number of aliphatic hydroxyl groups excluding tert-OH is 1. The van der Waals surface area contributed by atoms with Crippen molar-refractivity contribution in [2.45, 2.75) is 38.6 Å². The van der Waals surface area contributed by atoms with Gasteiger partial charge in [0.25, 0.3) is 0 Å². The van der Waals surface area contributed by atoms with Crippen molar-refractivity contribution in [3.63, 3.8) is 0 Å². The summed E-state index contributed by atoms with van der Waals surface area (Å²) in [5.41, 5.74) is 0. The van der Waals surface area contributed by atoms with Gasteiger partial charge in [-0.25, -0.2) is 0 Å². The number of rotatable bonds is 5. The standard InChI is InChI=1S/C9H19NO/c1-2-9(7-11)10-6-8-4-3-5-8/h8-11H,2-7H2,1H3/t9-/m0/s1. The van der Waals surface area contributed by atoms with E-state index >= 15 is 0 Å². The Morgan fingerprint density at radius 3 is 2.64 bits per heavy atom. The van der Waals surface area contributed by atoms with Crippen molar-refractivity contribution in [3.05, 3.63) is 0 Å². The van der Waals surface area contributed by atoms with Crippen LogP contribution in [0.3, 0.4) is 0 Å². The highest BCUT2D eigenvalue weighted by atomic mass is 16.3. The van der Waals surface area contributed by atoms with Gasteiger partial charge in [0.1, 0.15) is 0 Å². The lowest BCUT2D eigenvalue weighted by atomic mass is 9.85. The first kappa shape index (κ1) is 9.01. The predicted octanol–water partition coefficient (Wildman–Crippen LogP) is 1.15. The molecule has 66 valence electrons. The van der Waals surface area contributed by atoms with Crippen LogP contribution in [0.4, 0.5) is 0 Å². The molecular weight excluding hydrogens is 138 g/mol. The van der Waals surface area contributed by atoms with Gasteiger partial charge in [0.15, 0.2) is 0 Å². The molecular formula is C9H19NO. The van der Waals surface area contributed by atoms with E-state index in [9.17, 15) is 0 Å². The first-order chi connectivity index (χ1) is 5.36. The second kappa shape index (κ2) is 4.73. The number of nitrogens with one attached hydrogen (secondary N) is 1. The summed E-state index contributed by atoms with van der Waals surface area (Å²) in [6.07, 6.45) is 5.20. The molecule has 0 radical (unpaired) electrons. The van der Waals surface area contributed by atoms with Gasteiger partial charge in [0.05, 0.1) is 6.61 Å². The highest BCUT2D eigenvalue weighted by Gasteiger charge is 2.17. The monoisotopic (exact) mass is 157 g/mol. The molecule has 0 aromatic carbocycles. The van der Waals surface area contributed by atoms with Crippen LogP contribution in [-0.2, 0) is 0 Å². The maximum absolute atomic E-state index is 8.87. The van der Waals surface area contributed by atoms with E-state index in [0.29, 0.717) is 6.04 Å². The Labute approximate surface area is 69.0 Å². The van der Waals surface area contributed by atoms with Gasteiger partial charge in [-0.1, -0.05) is 13.3 Å². The van der Waals surface area contributed by atoms with E-state index in [4.69, 9.17) is 5.11 Å². The van der Waals surface area contributed by atoms with Crippen LogP contribution in [0.2, 0.25) is 0 Å². The first-order valence-electron chi connectivity index (χ1n) is 4.71. The Morgan fingerprint density at radius 1 is 1.55 bits per heavy atom. The van der Waals surface area contributed by atoms with E-state index in [1.807, 2.05) is 0 Å². The molecule has 1 fully saturated rings. The third-order valence-electron chi connectivity index (χ3n) is 2.63. The molecule has 2 N–H and O–H groups in total. The second-order valence-corrected chi connectivity index (χ2v) is 3.49. The molecule has 0 amide bonds. The Bertz CT molecular complexity index is 97.7. The molecule has 1 rings (SSSR count). The highest BCUT2D eigenvalue weighted by molar-refractivity contribution is 4.74. The van der Waals surface area contributed by atoms with Crippen LogP contribution in [0.25, 0.3) is 0 Å². The summed E-state index contributed by atoms with van der Waals surface area (Å²) in [6.45, 7) is 3.50. The largest absolute Gasteiger partial charge is 0.395 e. The Morgan fingerprint density at radius 2 is 2.27 bits per heavy atom. The Balaban J connectivity index is 1.99. The van der Waals surface area contributed by atoms with Gasteiger partial charge in [0, 0.05) is 6.04 Å². The van der Waals surface area contributed by atoms with E-state index in [0.717, 1.165) is 18.9 Å². The number of aliphatic hydroxyl groups is 1. The number of hydrogen-bond donors (Lipinski definition) is 2. The lowest BCUT2D eigenvalue weighted by Gasteiger charge is -2.27. The zero-order valence-corrected chi connectivity index (χ0v) is 7.34. The molecule has 0 aliphatic heterocycles. The molecule has 0 saturated heterocycles. The Hall–Kier alpha value is -0.0800. The molecule has 1 atom stereocenters. The fourth-order valence-electron chi connectivity index (χ4n) is 1.37. The minimum atomic E-state index is 0.281. The zero-order valence-electron chi connectivity index (χ0n) is 7.34. The molecule has 0 unspecified atom stereocenters. The summed E-state index contributed by atoms with van der Waals surface area (Å²) < 4.78 is 0. The summed E-state index contributed by atoms with van der Waals surface area (Å²) in [5.74, 6) is 0.899. The van der Waals surface area contributed by atoms with Gasteiger partial charge in [-0.05, 0) is 31.7 Å². The third-order valence-corrected chi connectivity index (χ3v) is 2.63. The van der Waals surface area contributed by atoms with E-state index in [-0.39, 0.29) is 6.61 Å². The Kier molecular flexibility index (Phi) is 3.87. The van der Waals surface area contributed by atoms with E-state index < -0.39 is 0 Å². The topological polar surface area (TPSA) is 32.3 Å². The third kappa shape index (κ3) is 2.80. The maximum Gasteiger partial charge on any atom is 0.0584 e. The molecule has 0 aromatic rings. The smallest absolute Gasteiger partial charge is 0.0584 e. The van der Waals surface area contributed by atoms with Crippen LogP contribution in [0.5, 0.6) is 0 Å². The maximum atomic E-state index is 8.87. The molecule has 1 aliphatic carbocycles. The van der Waals surface area contributed by atoms with E-state index in [1.54, 1.807) is 0 Å². The fourth-order valence-corrected chi connectivity index (χ4v) is 1.37. The predicted molar refractivity (Wildman–Crippen MR) is 46.5 cm³/mol. The second-order valence-electron chi connectivity index (χ2n) is 3.49. The molecule has 0 spiro atoms. The van der Waals surface area contributed by atoms with Crippen LogP contribution in [0.1, 0.15) is 32.6 Å². The van der Waals surface area contributed by atoms with Gasteiger partial charge >= 0.3 is 0 Å². The van der Waals surface area contributed by atoms with Crippen LogP contribution in [-0.4, -0.2) is 24.3 Å². The molecule has 2 nitrogen and oxygen atoms in total. The molecule has 0 heterocycles. The average Bonchev–Trinajstić information content (AvgIpc) is 1.95. The van der Waals surface area contributed by atoms with Crippen LogP contribution in [0, 0.1) is 5.92 Å². The molecule has 1 aliphatic rings. The SMILES string of the molecule is CC[C@@H](CO)NCC1CCC1. The summed E-state index contributed by atoms with van der Waals surface area (Å²) >= 11 is 0. The first-order valence-corrected chi connectivity index (χ1v) is 4.71. The molecule has 0 aromatic heterocycles. The van der Waals surface area contributed by atoms with E-state index in [1.165, 1.54) is 19.3 Å². The van der Waals surface area contributed by atoms with Crippen molar-refractivity contribution in [1.82, 2.24) is 5.32 Å². The van der Waals surface area contributed by atoms with Gasteiger partial charge in [0.2, 0.25) is 0 Å². The van der Waals surface area contributed by atoms with Crippen molar-refractivity contribution >= 4 is 0 Å². The quantitative estimate of drug-likeness (QED) is 0.627. The minimum Gasteiger partial charge on any atom is -0.395 e. The van der Waals surface area contributed by atoms with Crippen molar-refractivity contribution in [3.8, 4) is 0 Å². The van der Waals surface area contributed by atoms with E-state index in [2.05, 4.69) is 12.2 Å². The molecule has 11 heavy (non-hydrogen) atoms. The zero-order chi connectivity index (χ0) is 8.10. The average molecular weight is 157 g/mol. The summed E-state index contributed by atoms with van der Waals surface area (Å²) in [5, 5.41) is 12.2. The van der Waals surface area contributed by atoms with Crippen molar-refractivity contribution in [2.75, 3.05) is 13.2 Å². The van der Waals surface area contributed by atoms with Gasteiger partial charge in [-0.3, -0.25) is 0 Å². The van der Waals surface area contributed by atoms with Crippen LogP contribution in [0.15, 0.2) is 0 Å². The lowest BCUT2D eigenvalue weighted by Crippen LogP contribution is -2.37. The minimum absolute atomic E-state index is 0.281. The molecule has 1 saturated carbocycles. The lowest BCUT2D eigenvalue weighted by molar-refractivity contribution is 0.218. The van der Waals surface area contributed by atoms with Gasteiger partial charge in [-0.15, -0.1) is 0 Å². The van der Waals surface area contributed by atoms with Crippen LogP contribution < -0.4 is 5.32 Å². The van der Waals surface area contributed by atoms with Gasteiger partial charge < -0.3 is 10.4 Å². The van der Waals surface area contributed by atoms with Crippen LogP contribution >= 0.6 is 0 Å². The fraction of sp³-hybridized carbons (Fsp3) is 1.00. The van der Waals surface area contributed by atoms with Gasteiger partial charge in [-0.2, -0.15) is 0 Å². The van der Waals surface area contributed by atoms with Crippen molar-refractivity contribution in [1.29, 1.82) is 0 Å². The summed E-state index contributed by atoms with van der Waals surface area (Å²) in [4.78, 5) is 0. The number of hydrogen-bond acceptors (Lipinski definition) is 2. The normalized spacial score (nSPS) is 21.3. The summed E-state index contributed by atoms with van der Waals surface area (Å²) in [7, 11) is 0. The van der Waals surface area contributed by atoms with Crippen molar-refractivity contribution < 1.29 is 5.11 Å². The molecule has 2 heteroatoms.